The second-order valence-corrected chi connectivity index (χ2v) is 7.67. The first-order chi connectivity index (χ1) is 13.3. The number of amides is 1. The summed E-state index contributed by atoms with van der Waals surface area (Å²) in [4.78, 5) is 34.7. The largest absolute Gasteiger partial charge is 0.481 e. The van der Waals surface area contributed by atoms with Crippen LogP contribution in [0, 0.1) is 10.1 Å². The first kappa shape index (κ1) is 20.1. The lowest BCUT2D eigenvalue weighted by Gasteiger charge is -2.18. The van der Waals surface area contributed by atoms with Crippen molar-refractivity contribution >= 4 is 62.2 Å². The third-order valence-corrected chi connectivity index (χ3v) is 6.01. The van der Waals surface area contributed by atoms with Crippen molar-refractivity contribution < 1.29 is 19.6 Å². The number of carboxylic acids is 1. The highest BCUT2D eigenvalue weighted by Crippen LogP contribution is 2.36. The molecular formula is C18H12Cl2N2O5S. The number of halogens is 2. The van der Waals surface area contributed by atoms with Gasteiger partial charge in [-0.15, -0.1) is 11.3 Å². The molecule has 0 saturated heterocycles. The van der Waals surface area contributed by atoms with E-state index in [4.69, 9.17) is 23.2 Å². The van der Waals surface area contributed by atoms with Crippen LogP contribution in [0.5, 0.6) is 0 Å². The maximum absolute atomic E-state index is 12.8. The highest BCUT2D eigenvalue weighted by molar-refractivity contribution is 7.21. The van der Waals surface area contributed by atoms with Gasteiger partial charge < -0.3 is 10.4 Å². The monoisotopic (exact) mass is 438 g/mol. The van der Waals surface area contributed by atoms with Crippen LogP contribution in [0.3, 0.4) is 0 Å². The molecule has 3 aromatic rings. The number of nitrogens with one attached hydrogen (secondary N) is 1. The molecule has 144 valence electrons. The Hall–Kier alpha value is -2.68. The summed E-state index contributed by atoms with van der Waals surface area (Å²) in [6.07, 6.45) is -0.505. The van der Waals surface area contributed by atoms with Gasteiger partial charge in [0.1, 0.15) is 4.88 Å². The van der Waals surface area contributed by atoms with E-state index in [1.165, 1.54) is 23.5 Å². The molecule has 0 aliphatic heterocycles. The fourth-order valence-corrected chi connectivity index (χ4v) is 4.38. The molecule has 28 heavy (non-hydrogen) atoms. The summed E-state index contributed by atoms with van der Waals surface area (Å²) in [6.45, 7) is 0. The number of nitro benzene ring substituents is 1. The third kappa shape index (κ3) is 4.09. The molecule has 0 fully saturated rings. The van der Waals surface area contributed by atoms with Crippen LogP contribution in [-0.4, -0.2) is 21.9 Å². The van der Waals surface area contributed by atoms with E-state index in [1.54, 1.807) is 12.1 Å². The van der Waals surface area contributed by atoms with Crippen molar-refractivity contribution in [2.24, 2.45) is 0 Å². The van der Waals surface area contributed by atoms with Gasteiger partial charge in [-0.05, 0) is 12.1 Å². The molecule has 1 aromatic heterocycles. The maximum atomic E-state index is 12.8. The summed E-state index contributed by atoms with van der Waals surface area (Å²) in [7, 11) is 0. The van der Waals surface area contributed by atoms with Crippen LogP contribution in [0.1, 0.15) is 27.7 Å². The average Bonchev–Trinajstić information content (AvgIpc) is 2.98. The first-order valence-corrected chi connectivity index (χ1v) is 9.48. The summed E-state index contributed by atoms with van der Waals surface area (Å²) >= 11 is 13.6. The van der Waals surface area contributed by atoms with Crippen LogP contribution in [0.15, 0.2) is 42.5 Å². The maximum Gasteiger partial charge on any atom is 0.305 e. The molecule has 0 aliphatic rings. The molecule has 0 saturated carbocycles. The molecule has 1 atom stereocenters. The number of carbonyl (C=O) groups is 2. The van der Waals surface area contributed by atoms with E-state index in [1.807, 2.05) is 12.1 Å². The van der Waals surface area contributed by atoms with Gasteiger partial charge in [-0.25, -0.2) is 0 Å². The van der Waals surface area contributed by atoms with E-state index < -0.39 is 29.3 Å². The summed E-state index contributed by atoms with van der Waals surface area (Å²) in [5.41, 5.74) is -0.118. The molecule has 1 amide bonds. The van der Waals surface area contributed by atoms with E-state index in [2.05, 4.69) is 5.32 Å². The number of benzene rings is 2. The van der Waals surface area contributed by atoms with Gasteiger partial charge in [0.15, 0.2) is 0 Å². The second kappa shape index (κ2) is 8.14. The Kier molecular flexibility index (Phi) is 5.83. The van der Waals surface area contributed by atoms with Crippen molar-refractivity contribution in [2.45, 2.75) is 12.5 Å². The minimum Gasteiger partial charge on any atom is -0.481 e. The van der Waals surface area contributed by atoms with Gasteiger partial charge in [-0.2, -0.15) is 0 Å². The summed E-state index contributed by atoms with van der Waals surface area (Å²) < 4.78 is 0.806. The lowest BCUT2D eigenvalue weighted by Crippen LogP contribution is -2.30. The molecule has 2 N–H and O–H groups in total. The van der Waals surface area contributed by atoms with Crippen LogP contribution in [0.2, 0.25) is 10.0 Å². The molecule has 0 aliphatic carbocycles. The Bertz CT molecular complexity index is 1100. The number of carbonyl (C=O) groups excluding carboxylic acids is 1. The molecule has 0 spiro atoms. The van der Waals surface area contributed by atoms with Crippen molar-refractivity contribution in [3.63, 3.8) is 0 Å². The van der Waals surface area contributed by atoms with E-state index in [0.29, 0.717) is 5.39 Å². The molecule has 0 radical (unpaired) electrons. The smallest absolute Gasteiger partial charge is 0.305 e. The quantitative estimate of drug-likeness (QED) is 0.412. The summed E-state index contributed by atoms with van der Waals surface area (Å²) in [5.74, 6) is -1.78. The van der Waals surface area contributed by atoms with E-state index in [-0.39, 0.29) is 26.2 Å². The van der Waals surface area contributed by atoms with Crippen LogP contribution < -0.4 is 5.32 Å². The Balaban J connectivity index is 1.98. The standard InChI is InChI=1S/C18H12Cl2N2O5S/c19-12-6-5-9(22(26)27)7-11(12)13(8-15(23)24)21-18(25)17-16(20)10-3-1-2-4-14(10)28-17/h1-7,13H,8H2,(H,21,25)(H,23,24)/t13-/m1/s1. The Labute approximate surface area is 172 Å². The number of aliphatic carboxylic acids is 1. The van der Waals surface area contributed by atoms with Crippen LogP contribution >= 0.6 is 34.5 Å². The van der Waals surface area contributed by atoms with Gasteiger partial charge in [0, 0.05) is 32.8 Å². The number of nitrogens with zero attached hydrogens (tertiary/aromatic N) is 1. The summed E-state index contributed by atoms with van der Waals surface area (Å²) in [5, 5.41) is 23.9. The van der Waals surface area contributed by atoms with Crippen LogP contribution in [0.25, 0.3) is 10.1 Å². The zero-order valence-electron chi connectivity index (χ0n) is 14.0. The molecule has 0 unspecified atom stereocenters. The van der Waals surface area contributed by atoms with Gasteiger partial charge in [-0.1, -0.05) is 41.4 Å². The van der Waals surface area contributed by atoms with Crippen LogP contribution in [0.4, 0.5) is 5.69 Å². The number of hydrogen-bond donors (Lipinski definition) is 2. The zero-order valence-corrected chi connectivity index (χ0v) is 16.3. The Morgan fingerprint density at radius 2 is 1.93 bits per heavy atom. The highest BCUT2D eigenvalue weighted by Gasteiger charge is 2.25. The topological polar surface area (TPSA) is 110 Å². The van der Waals surface area contributed by atoms with Crippen LogP contribution in [-0.2, 0) is 4.79 Å². The van der Waals surface area contributed by atoms with E-state index in [9.17, 15) is 24.8 Å². The molecule has 10 heteroatoms. The fourth-order valence-electron chi connectivity index (χ4n) is 2.71. The van der Waals surface area contributed by atoms with Crippen molar-refractivity contribution in [3.05, 3.63) is 73.1 Å². The van der Waals surface area contributed by atoms with E-state index in [0.717, 1.165) is 10.8 Å². The minimum absolute atomic E-state index is 0.111. The molecule has 2 aromatic carbocycles. The Morgan fingerprint density at radius 1 is 1.21 bits per heavy atom. The highest BCUT2D eigenvalue weighted by atomic mass is 35.5. The van der Waals surface area contributed by atoms with Gasteiger partial charge in [0.25, 0.3) is 11.6 Å². The second-order valence-electron chi connectivity index (χ2n) is 5.83. The normalized spacial score (nSPS) is 11.9. The number of fused-ring (bicyclic) bond motifs is 1. The minimum atomic E-state index is -1.20. The lowest BCUT2D eigenvalue weighted by molar-refractivity contribution is -0.384. The number of non-ortho nitro benzene ring substituents is 1. The fraction of sp³-hybridized carbons (Fsp3) is 0.111. The van der Waals surface area contributed by atoms with Gasteiger partial charge in [0.2, 0.25) is 0 Å². The van der Waals surface area contributed by atoms with Gasteiger partial charge >= 0.3 is 5.97 Å². The van der Waals surface area contributed by atoms with Gasteiger partial charge in [0.05, 0.1) is 22.4 Å². The van der Waals surface area contributed by atoms with Crippen molar-refractivity contribution in [1.82, 2.24) is 5.32 Å². The number of hydrogen-bond acceptors (Lipinski definition) is 5. The number of thiophene rings is 1. The predicted molar refractivity (Wildman–Crippen MR) is 107 cm³/mol. The molecule has 7 nitrogen and oxygen atoms in total. The Morgan fingerprint density at radius 3 is 2.57 bits per heavy atom. The van der Waals surface area contributed by atoms with Crippen molar-refractivity contribution in [1.29, 1.82) is 0 Å². The number of nitro groups is 1. The van der Waals surface area contributed by atoms with Crippen molar-refractivity contribution in [2.75, 3.05) is 0 Å². The molecule has 1 heterocycles. The average molecular weight is 439 g/mol. The first-order valence-electron chi connectivity index (χ1n) is 7.91. The molecule has 3 rings (SSSR count). The molecule has 0 bridgehead atoms. The number of rotatable bonds is 6. The zero-order chi connectivity index (χ0) is 20.4. The number of carboxylic acid groups (broad SMARTS) is 1. The van der Waals surface area contributed by atoms with E-state index >= 15 is 0 Å². The van der Waals surface area contributed by atoms with Gasteiger partial charge in [-0.3, -0.25) is 19.7 Å². The lowest BCUT2D eigenvalue weighted by atomic mass is 10.0. The summed E-state index contributed by atoms with van der Waals surface area (Å²) in [6, 6.07) is 9.77. The van der Waals surface area contributed by atoms with Crippen molar-refractivity contribution in [3.8, 4) is 0 Å². The predicted octanol–water partition coefficient (Wildman–Crippen LogP) is 5.06. The molecular weight excluding hydrogens is 427 g/mol. The third-order valence-electron chi connectivity index (χ3n) is 3.99. The SMILES string of the molecule is O=C(O)C[C@@H](NC(=O)c1sc2ccccc2c1Cl)c1cc([N+](=O)[O-])ccc1Cl.